The summed E-state index contributed by atoms with van der Waals surface area (Å²) in [5.41, 5.74) is 6.28. The molecule has 1 rings (SSSR count). The molecule has 0 saturated carbocycles. The first-order valence-electron chi connectivity index (χ1n) is 6.57. The zero-order valence-corrected chi connectivity index (χ0v) is 12.4. The standard InChI is InChI=1S/C15H22N2O3/c1-5-12(13(18)19)17(4)14(20)15(2,3)10-6-8-11(16)9-7-10/h6-9,12H,5,16H2,1-4H3,(H,18,19). The van der Waals surface area contributed by atoms with Crippen molar-refractivity contribution in [3.8, 4) is 0 Å². The van der Waals surface area contributed by atoms with Gasteiger partial charge in [-0.05, 0) is 38.0 Å². The van der Waals surface area contributed by atoms with Crippen molar-refractivity contribution < 1.29 is 14.7 Å². The monoisotopic (exact) mass is 278 g/mol. The first-order valence-corrected chi connectivity index (χ1v) is 6.57. The zero-order valence-electron chi connectivity index (χ0n) is 12.4. The molecule has 1 amide bonds. The van der Waals surface area contributed by atoms with Gasteiger partial charge in [-0.1, -0.05) is 19.1 Å². The Bertz CT molecular complexity index is 494. The lowest BCUT2D eigenvalue weighted by Gasteiger charge is -2.33. The number of carbonyl (C=O) groups excluding carboxylic acids is 1. The topological polar surface area (TPSA) is 83.6 Å². The van der Waals surface area contributed by atoms with Crippen LogP contribution in [0.1, 0.15) is 32.8 Å². The molecule has 0 radical (unpaired) electrons. The molecule has 1 aromatic carbocycles. The molecule has 0 aliphatic carbocycles. The number of amides is 1. The van der Waals surface area contributed by atoms with Crippen LogP contribution in [-0.2, 0) is 15.0 Å². The van der Waals surface area contributed by atoms with E-state index < -0.39 is 17.4 Å². The second kappa shape index (κ2) is 5.94. The van der Waals surface area contributed by atoms with Crippen LogP contribution in [0.3, 0.4) is 0 Å². The number of carboxylic acid groups (broad SMARTS) is 1. The number of hydrogen-bond acceptors (Lipinski definition) is 3. The van der Waals surface area contributed by atoms with Gasteiger partial charge in [-0.3, -0.25) is 4.79 Å². The molecule has 0 fully saturated rings. The average Bonchev–Trinajstić information content (AvgIpc) is 2.38. The summed E-state index contributed by atoms with van der Waals surface area (Å²) in [5, 5.41) is 9.15. The maximum absolute atomic E-state index is 12.6. The largest absolute Gasteiger partial charge is 0.480 e. The highest BCUT2D eigenvalue weighted by Crippen LogP contribution is 2.27. The third-order valence-electron chi connectivity index (χ3n) is 3.63. The second-order valence-corrected chi connectivity index (χ2v) is 5.43. The maximum Gasteiger partial charge on any atom is 0.326 e. The van der Waals surface area contributed by atoms with Crippen molar-refractivity contribution in [2.24, 2.45) is 0 Å². The molecule has 0 spiro atoms. The lowest BCUT2D eigenvalue weighted by molar-refractivity contribution is -0.151. The van der Waals surface area contributed by atoms with Crippen LogP contribution in [0.2, 0.25) is 0 Å². The van der Waals surface area contributed by atoms with Crippen molar-refractivity contribution in [2.45, 2.75) is 38.6 Å². The Morgan fingerprint density at radius 2 is 1.80 bits per heavy atom. The van der Waals surface area contributed by atoms with Crippen molar-refractivity contribution in [3.05, 3.63) is 29.8 Å². The van der Waals surface area contributed by atoms with Gasteiger partial charge < -0.3 is 15.7 Å². The summed E-state index contributed by atoms with van der Waals surface area (Å²) in [6, 6.07) is 6.25. The second-order valence-electron chi connectivity index (χ2n) is 5.43. The first-order chi connectivity index (χ1) is 9.21. The molecule has 5 nitrogen and oxygen atoms in total. The average molecular weight is 278 g/mol. The highest BCUT2D eigenvalue weighted by molar-refractivity contribution is 5.90. The highest BCUT2D eigenvalue weighted by Gasteiger charge is 2.36. The van der Waals surface area contributed by atoms with Crippen molar-refractivity contribution in [1.82, 2.24) is 4.90 Å². The molecule has 110 valence electrons. The quantitative estimate of drug-likeness (QED) is 0.805. The van der Waals surface area contributed by atoms with Crippen LogP contribution in [0.15, 0.2) is 24.3 Å². The summed E-state index contributed by atoms with van der Waals surface area (Å²) in [6.45, 7) is 5.32. The molecule has 0 aliphatic rings. The van der Waals surface area contributed by atoms with E-state index in [0.717, 1.165) is 5.56 Å². The number of nitrogens with zero attached hydrogens (tertiary/aromatic N) is 1. The van der Waals surface area contributed by atoms with E-state index in [1.54, 1.807) is 45.0 Å². The van der Waals surface area contributed by atoms with E-state index in [1.807, 2.05) is 0 Å². The molecule has 3 N–H and O–H groups in total. The highest BCUT2D eigenvalue weighted by atomic mass is 16.4. The van der Waals surface area contributed by atoms with Crippen molar-refractivity contribution in [3.63, 3.8) is 0 Å². The smallest absolute Gasteiger partial charge is 0.326 e. The summed E-state index contributed by atoms with van der Waals surface area (Å²) in [6.07, 6.45) is 0.370. The van der Waals surface area contributed by atoms with Gasteiger partial charge in [-0.2, -0.15) is 0 Å². The molecular weight excluding hydrogens is 256 g/mol. The third-order valence-corrected chi connectivity index (χ3v) is 3.63. The Kier molecular flexibility index (Phi) is 4.76. The van der Waals surface area contributed by atoms with Gasteiger partial charge in [0, 0.05) is 12.7 Å². The van der Waals surface area contributed by atoms with Crippen LogP contribution in [-0.4, -0.2) is 35.0 Å². The summed E-state index contributed by atoms with van der Waals surface area (Å²) >= 11 is 0. The molecule has 0 heterocycles. The summed E-state index contributed by atoms with van der Waals surface area (Å²) in [4.78, 5) is 25.1. The fraction of sp³-hybridized carbons (Fsp3) is 0.467. The number of rotatable bonds is 5. The summed E-state index contributed by atoms with van der Waals surface area (Å²) < 4.78 is 0. The minimum atomic E-state index is -0.989. The fourth-order valence-electron chi connectivity index (χ4n) is 2.22. The molecule has 0 aromatic heterocycles. The molecule has 20 heavy (non-hydrogen) atoms. The van der Waals surface area contributed by atoms with E-state index in [0.29, 0.717) is 12.1 Å². The van der Waals surface area contributed by atoms with Gasteiger partial charge in [-0.15, -0.1) is 0 Å². The number of likely N-dealkylation sites (N-methyl/N-ethyl adjacent to an activating group) is 1. The normalized spacial score (nSPS) is 12.8. The predicted octanol–water partition coefficient (Wildman–Crippen LogP) is 1.87. The Hall–Kier alpha value is -2.04. The van der Waals surface area contributed by atoms with Crippen molar-refractivity contribution >= 4 is 17.6 Å². The molecular formula is C15H22N2O3. The number of carboxylic acids is 1. The summed E-state index contributed by atoms with van der Waals surface area (Å²) in [7, 11) is 1.53. The molecule has 1 unspecified atom stereocenters. The van der Waals surface area contributed by atoms with Gasteiger partial charge in [0.1, 0.15) is 6.04 Å². The maximum atomic E-state index is 12.6. The number of nitrogen functional groups attached to an aromatic ring is 1. The van der Waals surface area contributed by atoms with Gasteiger partial charge in [0.2, 0.25) is 5.91 Å². The predicted molar refractivity (Wildman–Crippen MR) is 78.4 cm³/mol. The van der Waals surface area contributed by atoms with Crippen LogP contribution in [0, 0.1) is 0 Å². The molecule has 0 aliphatic heterocycles. The minimum Gasteiger partial charge on any atom is -0.480 e. The van der Waals surface area contributed by atoms with E-state index in [2.05, 4.69) is 0 Å². The van der Waals surface area contributed by atoms with E-state index >= 15 is 0 Å². The van der Waals surface area contributed by atoms with Gasteiger partial charge in [0.15, 0.2) is 0 Å². The van der Waals surface area contributed by atoms with E-state index in [1.165, 1.54) is 11.9 Å². The van der Waals surface area contributed by atoms with Gasteiger partial charge in [0.05, 0.1) is 5.41 Å². The van der Waals surface area contributed by atoms with Crippen molar-refractivity contribution in [1.29, 1.82) is 0 Å². The van der Waals surface area contributed by atoms with Crippen LogP contribution in [0.5, 0.6) is 0 Å². The number of nitrogens with two attached hydrogens (primary N) is 1. The Balaban J connectivity index is 3.05. The van der Waals surface area contributed by atoms with Crippen LogP contribution in [0.4, 0.5) is 5.69 Å². The van der Waals surface area contributed by atoms with Gasteiger partial charge >= 0.3 is 5.97 Å². The minimum absolute atomic E-state index is 0.225. The van der Waals surface area contributed by atoms with Crippen LogP contribution in [0.25, 0.3) is 0 Å². The van der Waals surface area contributed by atoms with E-state index in [-0.39, 0.29) is 5.91 Å². The Labute approximate surface area is 119 Å². The molecule has 5 heteroatoms. The molecule has 0 saturated heterocycles. The number of carbonyl (C=O) groups is 2. The van der Waals surface area contributed by atoms with Gasteiger partial charge in [-0.25, -0.2) is 4.79 Å². The Morgan fingerprint density at radius 3 is 2.20 bits per heavy atom. The lowest BCUT2D eigenvalue weighted by Crippen LogP contribution is -2.49. The Morgan fingerprint density at radius 1 is 1.30 bits per heavy atom. The number of hydrogen-bond donors (Lipinski definition) is 2. The van der Waals surface area contributed by atoms with Gasteiger partial charge in [0.25, 0.3) is 0 Å². The fourth-order valence-corrected chi connectivity index (χ4v) is 2.22. The molecule has 0 bridgehead atoms. The van der Waals surface area contributed by atoms with E-state index in [9.17, 15) is 9.59 Å². The SMILES string of the molecule is CCC(C(=O)O)N(C)C(=O)C(C)(C)c1ccc(N)cc1. The third kappa shape index (κ3) is 3.10. The number of anilines is 1. The van der Waals surface area contributed by atoms with E-state index in [4.69, 9.17) is 10.8 Å². The number of aliphatic carboxylic acids is 1. The van der Waals surface area contributed by atoms with Crippen LogP contribution < -0.4 is 5.73 Å². The molecule has 1 atom stereocenters. The van der Waals surface area contributed by atoms with Crippen molar-refractivity contribution in [2.75, 3.05) is 12.8 Å². The zero-order chi connectivity index (χ0) is 15.5. The number of benzene rings is 1. The summed E-state index contributed by atoms with van der Waals surface area (Å²) in [5.74, 6) is -1.21. The lowest BCUT2D eigenvalue weighted by atomic mass is 9.82. The van der Waals surface area contributed by atoms with Crippen LogP contribution >= 0.6 is 0 Å². The molecule has 1 aromatic rings. The first kappa shape index (κ1) is 16.0.